The average Bonchev–Trinajstić information content (AvgIpc) is 2.37. The van der Waals surface area contributed by atoms with Crippen molar-refractivity contribution in [2.75, 3.05) is 13.2 Å². The molecular weight excluding hydrogens is 233 g/mol. The van der Waals surface area contributed by atoms with Crippen LogP contribution in [0.1, 0.15) is 38.4 Å². The van der Waals surface area contributed by atoms with Gasteiger partial charge in [-0.1, -0.05) is 19.1 Å². The van der Waals surface area contributed by atoms with Gasteiger partial charge in [0.1, 0.15) is 5.82 Å². The van der Waals surface area contributed by atoms with Gasteiger partial charge in [0.25, 0.3) is 0 Å². The predicted octanol–water partition coefficient (Wildman–Crippen LogP) is 2.00. The second-order valence-corrected chi connectivity index (χ2v) is 4.84. The first-order valence-corrected chi connectivity index (χ1v) is 6.30. The lowest BCUT2D eigenvalue weighted by Crippen LogP contribution is -2.44. The van der Waals surface area contributed by atoms with Crippen molar-refractivity contribution in [3.8, 4) is 0 Å². The summed E-state index contributed by atoms with van der Waals surface area (Å²) in [5.74, 6) is -0.308. The smallest absolute Gasteiger partial charge is 0.123 e. The molecule has 3 N–H and O–H groups in total. The summed E-state index contributed by atoms with van der Waals surface area (Å²) in [6, 6.07) is 5.84. The summed E-state index contributed by atoms with van der Waals surface area (Å²) >= 11 is 0. The van der Waals surface area contributed by atoms with Gasteiger partial charge in [-0.25, -0.2) is 4.39 Å². The quantitative estimate of drug-likeness (QED) is 0.698. The average molecular weight is 255 g/mol. The fourth-order valence-electron chi connectivity index (χ4n) is 1.78. The fourth-order valence-corrected chi connectivity index (χ4v) is 1.78. The van der Waals surface area contributed by atoms with Crippen LogP contribution in [0, 0.1) is 5.82 Å². The summed E-state index contributed by atoms with van der Waals surface area (Å²) in [6.45, 7) is 4.55. The number of rotatable bonds is 7. The number of benzene rings is 1. The van der Waals surface area contributed by atoms with Crippen LogP contribution in [0.25, 0.3) is 0 Å². The first kappa shape index (κ1) is 15.1. The summed E-state index contributed by atoms with van der Waals surface area (Å²) in [4.78, 5) is 0. The van der Waals surface area contributed by atoms with Crippen LogP contribution < -0.4 is 5.32 Å². The van der Waals surface area contributed by atoms with Crippen LogP contribution in [0.2, 0.25) is 0 Å². The Labute approximate surface area is 108 Å². The van der Waals surface area contributed by atoms with E-state index in [0.29, 0.717) is 18.5 Å². The number of hydrogen-bond donors (Lipinski definition) is 3. The van der Waals surface area contributed by atoms with Crippen molar-refractivity contribution in [1.82, 2.24) is 5.32 Å². The van der Waals surface area contributed by atoms with E-state index in [1.807, 2.05) is 13.8 Å². The van der Waals surface area contributed by atoms with E-state index < -0.39 is 6.10 Å². The zero-order valence-electron chi connectivity index (χ0n) is 11.0. The highest BCUT2D eigenvalue weighted by Gasteiger charge is 2.21. The van der Waals surface area contributed by atoms with Gasteiger partial charge in [0.05, 0.1) is 6.10 Å². The van der Waals surface area contributed by atoms with Gasteiger partial charge in [-0.3, -0.25) is 0 Å². The Morgan fingerprint density at radius 2 is 1.94 bits per heavy atom. The van der Waals surface area contributed by atoms with Crippen LogP contribution in [-0.2, 0) is 0 Å². The normalized spacial score (nSPS) is 16.3. The molecule has 1 aromatic rings. The van der Waals surface area contributed by atoms with Crippen molar-refractivity contribution in [2.24, 2.45) is 0 Å². The Kier molecular flexibility index (Phi) is 5.72. The molecule has 0 aliphatic carbocycles. The zero-order chi connectivity index (χ0) is 13.6. The number of aliphatic hydroxyl groups is 2. The first-order chi connectivity index (χ1) is 8.50. The minimum atomic E-state index is -0.671. The Bertz CT molecular complexity index is 355. The maximum Gasteiger partial charge on any atom is 0.123 e. The lowest BCUT2D eigenvalue weighted by atomic mass is 9.94. The van der Waals surface area contributed by atoms with Crippen LogP contribution in [-0.4, -0.2) is 28.9 Å². The monoisotopic (exact) mass is 255 g/mol. The van der Waals surface area contributed by atoms with E-state index in [1.165, 1.54) is 12.1 Å². The highest BCUT2D eigenvalue weighted by molar-refractivity contribution is 5.18. The lowest BCUT2D eigenvalue weighted by Gasteiger charge is -2.30. The van der Waals surface area contributed by atoms with Crippen LogP contribution in [0.4, 0.5) is 4.39 Å². The molecule has 0 radical (unpaired) electrons. The van der Waals surface area contributed by atoms with Gasteiger partial charge in [-0.15, -0.1) is 0 Å². The van der Waals surface area contributed by atoms with E-state index >= 15 is 0 Å². The Morgan fingerprint density at radius 1 is 1.33 bits per heavy atom. The minimum Gasteiger partial charge on any atom is -0.396 e. The molecule has 0 aliphatic heterocycles. The third kappa shape index (κ3) is 4.37. The standard InChI is InChI=1S/C14H22FNO2/c1-3-14(2,8-9-17)16-10-13(18)11-4-6-12(15)7-5-11/h4-7,13,16-18H,3,8-10H2,1-2H3. The fraction of sp³-hybridized carbons (Fsp3) is 0.571. The van der Waals surface area contributed by atoms with E-state index in [1.54, 1.807) is 12.1 Å². The van der Waals surface area contributed by atoms with Crippen molar-refractivity contribution in [1.29, 1.82) is 0 Å². The number of hydrogen-bond acceptors (Lipinski definition) is 3. The molecule has 0 saturated heterocycles. The summed E-state index contributed by atoms with van der Waals surface area (Å²) in [5.41, 5.74) is 0.502. The molecule has 1 aromatic carbocycles. The summed E-state index contributed by atoms with van der Waals surface area (Å²) in [7, 11) is 0. The highest BCUT2D eigenvalue weighted by atomic mass is 19.1. The number of aliphatic hydroxyl groups excluding tert-OH is 2. The van der Waals surface area contributed by atoms with Gasteiger partial charge in [-0.05, 0) is 37.5 Å². The van der Waals surface area contributed by atoms with Crippen LogP contribution in [0.5, 0.6) is 0 Å². The van der Waals surface area contributed by atoms with E-state index in [9.17, 15) is 9.50 Å². The SMILES string of the molecule is CCC(C)(CCO)NCC(O)c1ccc(F)cc1. The molecule has 0 bridgehead atoms. The molecule has 0 heterocycles. The van der Waals surface area contributed by atoms with Crippen molar-refractivity contribution >= 4 is 0 Å². The third-order valence-electron chi connectivity index (χ3n) is 3.42. The van der Waals surface area contributed by atoms with Crippen molar-refractivity contribution < 1.29 is 14.6 Å². The van der Waals surface area contributed by atoms with Gasteiger partial charge in [0, 0.05) is 18.7 Å². The van der Waals surface area contributed by atoms with Gasteiger partial charge in [-0.2, -0.15) is 0 Å². The second-order valence-electron chi connectivity index (χ2n) is 4.84. The van der Waals surface area contributed by atoms with Crippen LogP contribution in [0.15, 0.2) is 24.3 Å². The summed E-state index contributed by atoms with van der Waals surface area (Å²) in [5, 5.41) is 22.2. The first-order valence-electron chi connectivity index (χ1n) is 6.30. The van der Waals surface area contributed by atoms with E-state index in [4.69, 9.17) is 5.11 Å². The van der Waals surface area contributed by atoms with Gasteiger partial charge < -0.3 is 15.5 Å². The molecule has 3 nitrogen and oxygen atoms in total. The molecular formula is C14H22FNO2. The topological polar surface area (TPSA) is 52.5 Å². The molecule has 2 unspecified atom stereocenters. The zero-order valence-corrected chi connectivity index (χ0v) is 11.0. The maximum atomic E-state index is 12.8. The van der Waals surface area contributed by atoms with Crippen molar-refractivity contribution in [3.63, 3.8) is 0 Å². The molecule has 4 heteroatoms. The van der Waals surface area contributed by atoms with E-state index in [-0.39, 0.29) is 18.0 Å². The third-order valence-corrected chi connectivity index (χ3v) is 3.42. The van der Waals surface area contributed by atoms with Crippen LogP contribution >= 0.6 is 0 Å². The van der Waals surface area contributed by atoms with E-state index in [2.05, 4.69) is 5.32 Å². The Morgan fingerprint density at radius 3 is 2.44 bits per heavy atom. The molecule has 18 heavy (non-hydrogen) atoms. The van der Waals surface area contributed by atoms with Gasteiger partial charge in [0.15, 0.2) is 0 Å². The Hall–Kier alpha value is -0.970. The molecule has 0 saturated carbocycles. The molecule has 0 amide bonds. The molecule has 2 atom stereocenters. The Balaban J connectivity index is 2.54. The highest BCUT2D eigenvalue weighted by Crippen LogP contribution is 2.17. The minimum absolute atomic E-state index is 0.115. The maximum absolute atomic E-state index is 12.8. The molecule has 0 aromatic heterocycles. The molecule has 0 aliphatic rings. The number of β-amino-alcohol motifs (C(OH)–C–C–N with tert-alkyl or cyclic N) is 1. The summed E-state index contributed by atoms with van der Waals surface area (Å²) in [6.07, 6.45) is 0.832. The van der Waals surface area contributed by atoms with Gasteiger partial charge in [0.2, 0.25) is 0 Å². The van der Waals surface area contributed by atoms with Crippen molar-refractivity contribution in [2.45, 2.75) is 38.3 Å². The van der Waals surface area contributed by atoms with E-state index in [0.717, 1.165) is 6.42 Å². The summed E-state index contributed by atoms with van der Waals surface area (Å²) < 4.78 is 12.8. The van der Waals surface area contributed by atoms with Gasteiger partial charge >= 0.3 is 0 Å². The molecule has 1 rings (SSSR count). The lowest BCUT2D eigenvalue weighted by molar-refractivity contribution is 0.145. The molecule has 102 valence electrons. The molecule has 0 spiro atoms. The molecule has 0 fully saturated rings. The second kappa shape index (κ2) is 6.83. The van der Waals surface area contributed by atoms with Crippen molar-refractivity contribution in [3.05, 3.63) is 35.6 Å². The number of nitrogens with one attached hydrogen (secondary N) is 1. The van der Waals surface area contributed by atoms with Crippen LogP contribution in [0.3, 0.4) is 0 Å². The predicted molar refractivity (Wildman–Crippen MR) is 69.8 cm³/mol. The number of halogens is 1. The largest absolute Gasteiger partial charge is 0.396 e.